The van der Waals surface area contributed by atoms with Gasteiger partial charge in [-0.2, -0.15) is 0 Å². The fourth-order valence-corrected chi connectivity index (χ4v) is 4.39. The number of benzene rings is 3. The van der Waals surface area contributed by atoms with Crippen LogP contribution in [0.4, 0.5) is 5.69 Å². The highest BCUT2D eigenvalue weighted by Gasteiger charge is 2.17. The Morgan fingerprint density at radius 3 is 2.65 bits per heavy atom. The van der Waals surface area contributed by atoms with Crippen LogP contribution in [0.3, 0.4) is 0 Å². The van der Waals surface area contributed by atoms with Crippen molar-refractivity contribution < 1.29 is 4.79 Å². The quantitative estimate of drug-likeness (QED) is 0.254. The summed E-state index contributed by atoms with van der Waals surface area (Å²) in [6.45, 7) is 4.29. The van der Waals surface area contributed by atoms with E-state index in [0.717, 1.165) is 16.5 Å². The summed E-state index contributed by atoms with van der Waals surface area (Å²) in [5, 5.41) is 15.3. The Balaban J connectivity index is 1.49. The summed E-state index contributed by atoms with van der Waals surface area (Å²) in [6.07, 6.45) is 1.75. The summed E-state index contributed by atoms with van der Waals surface area (Å²) in [6, 6.07) is 19.1. The smallest absolute Gasteiger partial charge is 0.234 e. The second-order valence-corrected chi connectivity index (χ2v) is 8.51. The second kappa shape index (κ2) is 9.56. The summed E-state index contributed by atoms with van der Waals surface area (Å²) < 4.78 is 1.87. The molecular weight excluding hydrogens is 451 g/mol. The van der Waals surface area contributed by atoms with Crippen LogP contribution in [0.2, 0.25) is 10.0 Å². The number of allylic oxidation sites excluding steroid dienone is 1. The third-order valence-electron chi connectivity index (χ3n) is 4.57. The molecule has 0 aliphatic heterocycles. The number of thioether (sulfide) groups is 1. The Morgan fingerprint density at radius 1 is 1.06 bits per heavy atom. The first kappa shape index (κ1) is 21.4. The van der Waals surface area contributed by atoms with Gasteiger partial charge in [0.2, 0.25) is 5.91 Å². The van der Waals surface area contributed by atoms with E-state index in [0.29, 0.717) is 33.1 Å². The largest absolute Gasteiger partial charge is 0.325 e. The number of carbonyl (C=O) groups excluding carboxylic acids is 1. The molecule has 0 saturated carbocycles. The number of anilines is 1. The van der Waals surface area contributed by atoms with E-state index in [1.807, 2.05) is 47.0 Å². The number of fused-ring (bicyclic) bond motifs is 1. The van der Waals surface area contributed by atoms with Gasteiger partial charge in [0.1, 0.15) is 0 Å². The highest BCUT2D eigenvalue weighted by molar-refractivity contribution is 7.99. The molecule has 1 amide bonds. The first-order chi connectivity index (χ1) is 15.0. The Morgan fingerprint density at radius 2 is 1.87 bits per heavy atom. The molecule has 1 aromatic heterocycles. The molecule has 31 heavy (non-hydrogen) atoms. The van der Waals surface area contributed by atoms with Gasteiger partial charge < -0.3 is 5.32 Å². The zero-order valence-electron chi connectivity index (χ0n) is 16.4. The molecule has 1 heterocycles. The van der Waals surface area contributed by atoms with Gasteiger partial charge in [0, 0.05) is 22.8 Å². The van der Waals surface area contributed by atoms with Crippen LogP contribution in [0.1, 0.15) is 0 Å². The number of hydrogen-bond donors (Lipinski definition) is 1. The molecule has 4 rings (SSSR count). The van der Waals surface area contributed by atoms with E-state index < -0.39 is 0 Å². The summed E-state index contributed by atoms with van der Waals surface area (Å²) in [5.74, 6) is 0.662. The van der Waals surface area contributed by atoms with Crippen LogP contribution in [0.25, 0.3) is 22.2 Å². The summed E-state index contributed by atoms with van der Waals surface area (Å²) in [5.41, 5.74) is 1.47. The van der Waals surface area contributed by atoms with E-state index in [-0.39, 0.29) is 11.7 Å². The number of nitrogens with zero attached hydrogens (tertiary/aromatic N) is 3. The van der Waals surface area contributed by atoms with E-state index >= 15 is 0 Å². The van der Waals surface area contributed by atoms with Crippen molar-refractivity contribution in [2.45, 2.75) is 11.7 Å². The van der Waals surface area contributed by atoms with Crippen molar-refractivity contribution in [3.63, 3.8) is 0 Å². The lowest BCUT2D eigenvalue weighted by molar-refractivity contribution is -0.113. The van der Waals surface area contributed by atoms with Crippen molar-refractivity contribution in [3.8, 4) is 11.4 Å². The van der Waals surface area contributed by atoms with Crippen LogP contribution in [0, 0.1) is 0 Å². The van der Waals surface area contributed by atoms with Crippen LogP contribution in [-0.2, 0) is 11.3 Å². The lowest BCUT2D eigenvalue weighted by Crippen LogP contribution is -2.14. The minimum Gasteiger partial charge on any atom is -0.325 e. The van der Waals surface area contributed by atoms with Crippen LogP contribution >= 0.6 is 35.0 Å². The van der Waals surface area contributed by atoms with Crippen molar-refractivity contribution in [2.24, 2.45) is 0 Å². The topological polar surface area (TPSA) is 59.8 Å². The number of nitrogens with one attached hydrogen (secondary N) is 1. The molecule has 8 heteroatoms. The van der Waals surface area contributed by atoms with Gasteiger partial charge in [0.25, 0.3) is 0 Å². The average Bonchev–Trinajstić information content (AvgIpc) is 3.15. The number of amides is 1. The maximum absolute atomic E-state index is 12.5. The SMILES string of the molecule is C=CCn1c(SCC(=O)Nc2ccc3ccccc3c2)nnc1-c1ccc(Cl)cc1Cl. The third-order valence-corrected chi connectivity index (χ3v) is 6.08. The molecule has 156 valence electrons. The Bertz CT molecular complexity index is 1270. The molecule has 0 radical (unpaired) electrons. The minimum absolute atomic E-state index is 0.125. The fraction of sp³-hybridized carbons (Fsp3) is 0.0870. The van der Waals surface area contributed by atoms with Crippen LogP contribution in [0.5, 0.6) is 0 Å². The van der Waals surface area contributed by atoms with Gasteiger partial charge in [0.05, 0.1) is 10.8 Å². The van der Waals surface area contributed by atoms with E-state index in [9.17, 15) is 4.79 Å². The molecule has 5 nitrogen and oxygen atoms in total. The highest BCUT2D eigenvalue weighted by atomic mass is 35.5. The zero-order valence-corrected chi connectivity index (χ0v) is 18.7. The maximum atomic E-state index is 12.5. The van der Waals surface area contributed by atoms with Gasteiger partial charge in [-0.25, -0.2) is 0 Å². The summed E-state index contributed by atoms with van der Waals surface area (Å²) in [7, 11) is 0. The van der Waals surface area contributed by atoms with Crippen LogP contribution in [-0.4, -0.2) is 26.4 Å². The van der Waals surface area contributed by atoms with Crippen molar-refractivity contribution >= 4 is 57.3 Å². The van der Waals surface area contributed by atoms with E-state index in [2.05, 4.69) is 22.1 Å². The Hall–Kier alpha value is -2.80. The molecule has 4 aromatic rings. The molecule has 0 atom stereocenters. The van der Waals surface area contributed by atoms with Gasteiger partial charge in [-0.3, -0.25) is 9.36 Å². The molecular formula is C23H18Cl2N4OS. The van der Waals surface area contributed by atoms with Gasteiger partial charge in [0.15, 0.2) is 11.0 Å². The predicted octanol–water partition coefficient (Wildman–Crippen LogP) is 6.32. The molecule has 0 bridgehead atoms. The lowest BCUT2D eigenvalue weighted by atomic mass is 10.1. The van der Waals surface area contributed by atoms with Crippen molar-refractivity contribution in [1.82, 2.24) is 14.8 Å². The lowest BCUT2D eigenvalue weighted by Gasteiger charge is -2.09. The second-order valence-electron chi connectivity index (χ2n) is 6.73. The molecule has 0 aliphatic carbocycles. The molecule has 0 fully saturated rings. The fourth-order valence-electron chi connectivity index (χ4n) is 3.15. The first-order valence-electron chi connectivity index (χ1n) is 9.46. The number of carbonyl (C=O) groups is 1. The first-order valence-corrected chi connectivity index (χ1v) is 11.2. The molecule has 1 N–H and O–H groups in total. The number of aromatic nitrogens is 3. The van der Waals surface area contributed by atoms with Gasteiger partial charge in [-0.15, -0.1) is 16.8 Å². The molecule has 0 aliphatic rings. The average molecular weight is 469 g/mol. The van der Waals surface area contributed by atoms with E-state index in [1.165, 1.54) is 11.8 Å². The minimum atomic E-state index is -0.125. The van der Waals surface area contributed by atoms with Gasteiger partial charge >= 0.3 is 0 Å². The number of halogens is 2. The Kier molecular flexibility index (Phi) is 6.61. The van der Waals surface area contributed by atoms with E-state index in [1.54, 1.807) is 24.3 Å². The van der Waals surface area contributed by atoms with Crippen molar-refractivity contribution in [2.75, 3.05) is 11.1 Å². The third kappa shape index (κ3) is 4.93. The summed E-state index contributed by atoms with van der Waals surface area (Å²) >= 11 is 13.6. The van der Waals surface area contributed by atoms with Crippen molar-refractivity contribution in [1.29, 1.82) is 0 Å². The van der Waals surface area contributed by atoms with E-state index in [4.69, 9.17) is 23.2 Å². The van der Waals surface area contributed by atoms with Gasteiger partial charge in [-0.05, 0) is 41.1 Å². The van der Waals surface area contributed by atoms with Crippen LogP contribution < -0.4 is 5.32 Å². The Labute approximate surface area is 194 Å². The number of rotatable bonds is 7. The normalized spacial score (nSPS) is 10.9. The van der Waals surface area contributed by atoms with Gasteiger partial charge in [-0.1, -0.05) is 71.4 Å². The molecule has 3 aromatic carbocycles. The zero-order chi connectivity index (χ0) is 21.8. The van der Waals surface area contributed by atoms with Crippen molar-refractivity contribution in [3.05, 3.63) is 83.4 Å². The number of hydrogen-bond acceptors (Lipinski definition) is 4. The highest BCUT2D eigenvalue weighted by Crippen LogP contribution is 2.31. The molecule has 0 saturated heterocycles. The molecule has 0 unspecified atom stereocenters. The monoisotopic (exact) mass is 468 g/mol. The standard InChI is InChI=1S/C23H18Cl2N4OS/c1-2-11-29-22(19-10-8-17(24)13-20(19)25)27-28-23(29)31-14-21(30)26-18-9-7-15-5-3-4-6-16(15)12-18/h2-10,12-13H,1,11,14H2,(H,26,30). The summed E-state index contributed by atoms with van der Waals surface area (Å²) in [4.78, 5) is 12.5. The maximum Gasteiger partial charge on any atom is 0.234 e. The van der Waals surface area contributed by atoms with Crippen LogP contribution in [0.15, 0.2) is 78.5 Å². The predicted molar refractivity (Wildman–Crippen MR) is 129 cm³/mol. The molecule has 0 spiro atoms.